The van der Waals surface area contributed by atoms with Gasteiger partial charge < -0.3 is 0 Å². The van der Waals surface area contributed by atoms with Crippen molar-refractivity contribution in [2.75, 3.05) is 5.75 Å². The minimum absolute atomic E-state index is 0.0927. The second-order valence-electron chi connectivity index (χ2n) is 4.77. The maximum Gasteiger partial charge on any atom is 0.250 e. The standard InChI is InChI=1S/C17H17BrN2OS/c1-13-5-2-3-7-15(13)11-22-12-17(21)20-19-10-14-6-4-8-16(18)9-14/h2-10H,11-12H2,1H3,(H,20,21)/b19-10-. The van der Waals surface area contributed by atoms with Crippen LogP contribution in [0.4, 0.5) is 0 Å². The van der Waals surface area contributed by atoms with Crippen molar-refractivity contribution < 1.29 is 4.79 Å². The van der Waals surface area contributed by atoms with E-state index in [1.54, 1.807) is 18.0 Å². The van der Waals surface area contributed by atoms with E-state index in [1.165, 1.54) is 11.1 Å². The average Bonchev–Trinajstić information content (AvgIpc) is 2.49. The molecule has 0 heterocycles. The van der Waals surface area contributed by atoms with Gasteiger partial charge in [0, 0.05) is 10.2 Å². The predicted octanol–water partition coefficient (Wildman–Crippen LogP) is 4.14. The van der Waals surface area contributed by atoms with E-state index in [9.17, 15) is 4.79 Å². The zero-order valence-electron chi connectivity index (χ0n) is 12.3. The topological polar surface area (TPSA) is 41.5 Å². The van der Waals surface area contributed by atoms with Gasteiger partial charge in [0.15, 0.2) is 0 Å². The molecule has 0 fully saturated rings. The lowest BCUT2D eigenvalue weighted by Gasteiger charge is -2.04. The largest absolute Gasteiger partial charge is 0.272 e. The first-order chi connectivity index (χ1) is 10.6. The van der Waals surface area contributed by atoms with Gasteiger partial charge in [-0.3, -0.25) is 4.79 Å². The Morgan fingerprint density at radius 1 is 1.27 bits per heavy atom. The average molecular weight is 377 g/mol. The number of hydrogen-bond donors (Lipinski definition) is 1. The normalized spacial score (nSPS) is 10.8. The molecule has 0 aliphatic heterocycles. The molecule has 22 heavy (non-hydrogen) atoms. The van der Waals surface area contributed by atoms with Crippen molar-refractivity contribution in [2.24, 2.45) is 5.10 Å². The number of hydrazone groups is 1. The van der Waals surface area contributed by atoms with Gasteiger partial charge in [0.2, 0.25) is 5.91 Å². The summed E-state index contributed by atoms with van der Waals surface area (Å²) in [6.45, 7) is 2.08. The number of hydrogen-bond acceptors (Lipinski definition) is 3. The summed E-state index contributed by atoms with van der Waals surface area (Å²) in [5.41, 5.74) is 5.99. The van der Waals surface area contributed by atoms with Gasteiger partial charge in [-0.2, -0.15) is 5.10 Å². The van der Waals surface area contributed by atoms with Crippen LogP contribution in [-0.2, 0) is 10.5 Å². The number of halogens is 1. The number of benzene rings is 2. The lowest BCUT2D eigenvalue weighted by molar-refractivity contribution is -0.118. The number of rotatable bonds is 6. The van der Waals surface area contributed by atoms with E-state index in [2.05, 4.69) is 45.5 Å². The summed E-state index contributed by atoms with van der Waals surface area (Å²) in [5, 5.41) is 3.97. The highest BCUT2D eigenvalue weighted by molar-refractivity contribution is 9.10. The first-order valence-corrected chi connectivity index (χ1v) is 8.79. The van der Waals surface area contributed by atoms with E-state index < -0.39 is 0 Å². The van der Waals surface area contributed by atoms with Crippen molar-refractivity contribution >= 4 is 39.8 Å². The Bertz CT molecular complexity index is 673. The fraction of sp³-hybridized carbons (Fsp3) is 0.176. The van der Waals surface area contributed by atoms with E-state index in [1.807, 2.05) is 36.4 Å². The van der Waals surface area contributed by atoms with Gasteiger partial charge in [0.25, 0.3) is 0 Å². The van der Waals surface area contributed by atoms with Crippen LogP contribution < -0.4 is 5.43 Å². The second-order valence-corrected chi connectivity index (χ2v) is 6.67. The summed E-state index contributed by atoms with van der Waals surface area (Å²) >= 11 is 4.98. The Labute approximate surface area is 143 Å². The van der Waals surface area contributed by atoms with E-state index in [4.69, 9.17) is 0 Å². The van der Waals surface area contributed by atoms with Gasteiger partial charge in [-0.05, 0) is 35.7 Å². The third kappa shape index (κ3) is 5.66. The molecule has 2 rings (SSSR count). The highest BCUT2D eigenvalue weighted by Gasteiger charge is 2.02. The molecule has 5 heteroatoms. The monoisotopic (exact) mass is 376 g/mol. The summed E-state index contributed by atoms with van der Waals surface area (Å²) < 4.78 is 0.983. The van der Waals surface area contributed by atoms with Crippen LogP contribution in [0.25, 0.3) is 0 Å². The molecule has 0 saturated carbocycles. The van der Waals surface area contributed by atoms with Crippen LogP contribution in [0, 0.1) is 6.92 Å². The molecule has 0 unspecified atom stereocenters. The first kappa shape index (κ1) is 16.8. The zero-order chi connectivity index (χ0) is 15.8. The molecule has 3 nitrogen and oxygen atoms in total. The number of amides is 1. The first-order valence-electron chi connectivity index (χ1n) is 6.85. The molecule has 0 atom stereocenters. The van der Waals surface area contributed by atoms with Crippen molar-refractivity contribution in [2.45, 2.75) is 12.7 Å². The summed E-state index contributed by atoms with van der Waals surface area (Å²) in [4.78, 5) is 11.7. The molecular weight excluding hydrogens is 360 g/mol. The molecule has 2 aromatic rings. The van der Waals surface area contributed by atoms with Crippen LogP contribution in [0.3, 0.4) is 0 Å². The van der Waals surface area contributed by atoms with E-state index in [-0.39, 0.29) is 5.91 Å². The molecule has 0 radical (unpaired) electrons. The highest BCUT2D eigenvalue weighted by Crippen LogP contribution is 2.15. The van der Waals surface area contributed by atoms with Crippen LogP contribution in [0.5, 0.6) is 0 Å². The molecular formula is C17H17BrN2OS. The van der Waals surface area contributed by atoms with Crippen LogP contribution in [0.15, 0.2) is 58.1 Å². The molecule has 1 N–H and O–H groups in total. The summed E-state index contributed by atoms with van der Waals surface area (Å²) in [6, 6.07) is 15.9. The van der Waals surface area contributed by atoms with Crippen molar-refractivity contribution in [3.05, 3.63) is 69.7 Å². The maximum absolute atomic E-state index is 11.7. The molecule has 0 aliphatic rings. The number of carbonyl (C=O) groups excluding carboxylic acids is 1. The van der Waals surface area contributed by atoms with Crippen molar-refractivity contribution in [3.63, 3.8) is 0 Å². The van der Waals surface area contributed by atoms with E-state index >= 15 is 0 Å². The molecule has 0 aromatic heterocycles. The highest BCUT2D eigenvalue weighted by atomic mass is 79.9. The van der Waals surface area contributed by atoms with Gasteiger partial charge in [0.1, 0.15) is 0 Å². The SMILES string of the molecule is Cc1ccccc1CSCC(=O)N/N=C\c1cccc(Br)c1. The smallest absolute Gasteiger partial charge is 0.250 e. The molecule has 1 amide bonds. The van der Waals surface area contributed by atoms with Crippen LogP contribution >= 0.6 is 27.7 Å². The Kier molecular flexibility index (Phi) is 6.68. The Morgan fingerprint density at radius 3 is 2.86 bits per heavy atom. The third-order valence-corrected chi connectivity index (χ3v) is 4.48. The van der Waals surface area contributed by atoms with Gasteiger partial charge in [-0.25, -0.2) is 5.43 Å². The second kappa shape index (κ2) is 8.76. The summed E-state index contributed by atoms with van der Waals surface area (Å²) in [5.74, 6) is 1.13. The van der Waals surface area contributed by atoms with Gasteiger partial charge in [-0.15, -0.1) is 11.8 Å². The Balaban J connectivity index is 1.73. The van der Waals surface area contributed by atoms with Gasteiger partial charge in [-0.1, -0.05) is 52.3 Å². The Morgan fingerprint density at radius 2 is 2.09 bits per heavy atom. The summed E-state index contributed by atoms with van der Waals surface area (Å²) in [6.07, 6.45) is 1.63. The quantitative estimate of drug-likeness (QED) is 0.607. The molecule has 0 spiro atoms. The fourth-order valence-electron chi connectivity index (χ4n) is 1.82. The molecule has 0 aliphatic carbocycles. The van der Waals surface area contributed by atoms with Gasteiger partial charge >= 0.3 is 0 Å². The third-order valence-electron chi connectivity index (χ3n) is 3.00. The van der Waals surface area contributed by atoms with Crippen molar-refractivity contribution in [1.82, 2.24) is 5.43 Å². The lowest BCUT2D eigenvalue weighted by Crippen LogP contribution is -2.19. The molecule has 0 bridgehead atoms. The molecule has 0 saturated heterocycles. The zero-order valence-corrected chi connectivity index (χ0v) is 14.7. The molecule has 2 aromatic carbocycles. The lowest BCUT2D eigenvalue weighted by atomic mass is 10.1. The van der Waals surface area contributed by atoms with Crippen LogP contribution in [-0.4, -0.2) is 17.9 Å². The minimum Gasteiger partial charge on any atom is -0.272 e. The Hall–Kier alpha value is -1.59. The molecule has 114 valence electrons. The minimum atomic E-state index is -0.0927. The van der Waals surface area contributed by atoms with E-state index in [0.717, 1.165) is 15.8 Å². The number of aryl methyl sites for hydroxylation is 1. The van der Waals surface area contributed by atoms with Crippen molar-refractivity contribution in [3.8, 4) is 0 Å². The van der Waals surface area contributed by atoms with Crippen LogP contribution in [0.2, 0.25) is 0 Å². The number of thioether (sulfide) groups is 1. The maximum atomic E-state index is 11.7. The van der Waals surface area contributed by atoms with Crippen LogP contribution in [0.1, 0.15) is 16.7 Å². The summed E-state index contributed by atoms with van der Waals surface area (Å²) in [7, 11) is 0. The number of nitrogens with one attached hydrogen (secondary N) is 1. The van der Waals surface area contributed by atoms with Crippen molar-refractivity contribution in [1.29, 1.82) is 0 Å². The number of carbonyl (C=O) groups is 1. The van der Waals surface area contributed by atoms with E-state index in [0.29, 0.717) is 5.75 Å². The fourth-order valence-corrected chi connectivity index (χ4v) is 3.14. The predicted molar refractivity (Wildman–Crippen MR) is 97.2 cm³/mol. The van der Waals surface area contributed by atoms with Gasteiger partial charge in [0.05, 0.1) is 12.0 Å². The number of nitrogens with zero attached hydrogens (tertiary/aromatic N) is 1.